The second kappa shape index (κ2) is 10.9. The van der Waals surface area contributed by atoms with Gasteiger partial charge in [0.1, 0.15) is 5.75 Å². The van der Waals surface area contributed by atoms with Gasteiger partial charge < -0.3 is 19.1 Å². The van der Waals surface area contributed by atoms with E-state index in [-0.39, 0.29) is 5.91 Å². The number of nitrogens with zero attached hydrogens (tertiary/aromatic N) is 4. The van der Waals surface area contributed by atoms with Crippen molar-refractivity contribution in [1.82, 2.24) is 19.9 Å². The van der Waals surface area contributed by atoms with E-state index < -0.39 is 0 Å². The summed E-state index contributed by atoms with van der Waals surface area (Å²) in [5, 5.41) is 4.08. The number of hydrogen-bond acceptors (Lipinski definition) is 6. The van der Waals surface area contributed by atoms with E-state index in [1.54, 1.807) is 0 Å². The zero-order valence-electron chi connectivity index (χ0n) is 19.5. The number of benzene rings is 1. The van der Waals surface area contributed by atoms with Crippen LogP contribution in [0.1, 0.15) is 51.8 Å². The Morgan fingerprint density at radius 2 is 1.94 bits per heavy atom. The molecule has 7 heteroatoms. The Balaban J connectivity index is 1.24. The third-order valence-corrected chi connectivity index (χ3v) is 6.71. The monoisotopic (exact) mass is 440 g/mol. The Hall–Kier alpha value is -2.41. The Morgan fingerprint density at radius 3 is 2.69 bits per heavy atom. The molecule has 1 aromatic carbocycles. The largest absolute Gasteiger partial charge is 0.494 e. The highest BCUT2D eigenvalue weighted by Gasteiger charge is 2.26. The average molecular weight is 441 g/mol. The summed E-state index contributed by atoms with van der Waals surface area (Å²) < 4.78 is 10.9. The first kappa shape index (κ1) is 22.8. The smallest absolute Gasteiger partial charge is 0.227 e. The van der Waals surface area contributed by atoms with Crippen molar-refractivity contribution in [3.8, 4) is 17.1 Å². The Kier molecular flexibility index (Phi) is 7.79. The number of piperidine rings is 2. The fourth-order valence-corrected chi connectivity index (χ4v) is 4.76. The standard InChI is InChI=1S/C25H36N4O3/c1-3-31-22-8-6-21(7-9-22)25-26-23(32-27-25)10-11-24(30)29-14-4-5-20(18-29)17-28-15-12-19(2)13-16-28/h6-9,19-20H,3-5,10-18H2,1-2H3. The number of ether oxygens (including phenoxy) is 1. The molecule has 2 saturated heterocycles. The minimum atomic E-state index is 0.197. The van der Waals surface area contributed by atoms with Crippen molar-refractivity contribution in [3.05, 3.63) is 30.2 Å². The Labute approximate surface area is 191 Å². The minimum Gasteiger partial charge on any atom is -0.494 e. The fourth-order valence-electron chi connectivity index (χ4n) is 4.76. The van der Waals surface area contributed by atoms with Gasteiger partial charge >= 0.3 is 0 Å². The first-order valence-electron chi connectivity index (χ1n) is 12.2. The van der Waals surface area contributed by atoms with Crippen LogP contribution in [0.25, 0.3) is 11.4 Å². The highest BCUT2D eigenvalue weighted by molar-refractivity contribution is 5.76. The molecule has 1 aromatic heterocycles. The van der Waals surface area contributed by atoms with Gasteiger partial charge in [0.05, 0.1) is 6.61 Å². The van der Waals surface area contributed by atoms with Gasteiger partial charge in [-0.25, -0.2) is 0 Å². The van der Waals surface area contributed by atoms with Crippen molar-refractivity contribution < 1.29 is 14.1 Å². The lowest BCUT2D eigenvalue weighted by molar-refractivity contribution is -0.133. The van der Waals surface area contributed by atoms with Gasteiger partial charge in [0.25, 0.3) is 0 Å². The minimum absolute atomic E-state index is 0.197. The molecule has 4 rings (SSSR count). The van der Waals surface area contributed by atoms with Crippen molar-refractivity contribution in [2.45, 2.75) is 52.4 Å². The highest BCUT2D eigenvalue weighted by atomic mass is 16.5. The molecule has 32 heavy (non-hydrogen) atoms. The zero-order chi connectivity index (χ0) is 22.3. The first-order chi connectivity index (χ1) is 15.6. The molecule has 2 fully saturated rings. The molecule has 1 amide bonds. The van der Waals surface area contributed by atoms with Crippen LogP contribution < -0.4 is 4.74 Å². The number of hydrogen-bond donors (Lipinski definition) is 0. The molecule has 0 aliphatic carbocycles. The van der Waals surface area contributed by atoms with Gasteiger partial charge in [0.15, 0.2) is 0 Å². The van der Waals surface area contributed by atoms with E-state index in [1.165, 1.54) is 32.4 Å². The number of amides is 1. The van der Waals surface area contributed by atoms with E-state index in [0.717, 1.165) is 43.3 Å². The van der Waals surface area contributed by atoms with Crippen LogP contribution in [0.5, 0.6) is 5.75 Å². The maximum Gasteiger partial charge on any atom is 0.227 e. The first-order valence-corrected chi connectivity index (χ1v) is 12.2. The van der Waals surface area contributed by atoms with E-state index >= 15 is 0 Å². The lowest BCUT2D eigenvalue weighted by Crippen LogP contribution is -2.45. The predicted octanol–water partition coefficient (Wildman–Crippen LogP) is 4.04. The molecule has 0 radical (unpaired) electrons. The fraction of sp³-hybridized carbons (Fsp3) is 0.640. The molecular formula is C25H36N4O3. The number of aromatic nitrogens is 2. The summed E-state index contributed by atoms with van der Waals surface area (Å²) in [4.78, 5) is 22.0. The van der Waals surface area contributed by atoms with E-state index in [1.807, 2.05) is 36.1 Å². The number of carbonyl (C=O) groups is 1. The summed E-state index contributed by atoms with van der Waals surface area (Å²) in [6, 6.07) is 7.63. The topological polar surface area (TPSA) is 71.7 Å². The number of carbonyl (C=O) groups excluding carboxylic acids is 1. The predicted molar refractivity (Wildman–Crippen MR) is 123 cm³/mol. The van der Waals surface area contributed by atoms with Crippen molar-refractivity contribution in [2.24, 2.45) is 11.8 Å². The van der Waals surface area contributed by atoms with Crippen LogP contribution in [0.15, 0.2) is 28.8 Å². The molecule has 174 valence electrons. The summed E-state index contributed by atoms with van der Waals surface area (Å²) in [6.07, 6.45) is 5.83. The molecule has 1 atom stereocenters. The summed E-state index contributed by atoms with van der Waals surface area (Å²) in [6.45, 7) is 10.2. The molecule has 2 aliphatic heterocycles. The SMILES string of the molecule is CCOc1ccc(-c2noc(CCC(=O)N3CCCC(CN4CCC(C)CC4)C3)n2)cc1. The summed E-state index contributed by atoms with van der Waals surface area (Å²) >= 11 is 0. The Morgan fingerprint density at radius 1 is 1.16 bits per heavy atom. The van der Waals surface area contributed by atoms with Crippen molar-refractivity contribution >= 4 is 5.91 Å². The molecule has 3 heterocycles. The molecular weight excluding hydrogens is 404 g/mol. The van der Waals surface area contributed by atoms with Gasteiger partial charge in [-0.15, -0.1) is 0 Å². The summed E-state index contributed by atoms with van der Waals surface area (Å²) in [5.74, 6) is 3.52. The van der Waals surface area contributed by atoms with Crippen LogP contribution in [-0.4, -0.2) is 65.2 Å². The second-order valence-electron chi connectivity index (χ2n) is 9.30. The average Bonchev–Trinajstić information content (AvgIpc) is 3.29. The van der Waals surface area contributed by atoms with Crippen molar-refractivity contribution in [2.75, 3.05) is 39.3 Å². The van der Waals surface area contributed by atoms with E-state index in [0.29, 0.717) is 37.1 Å². The molecule has 1 unspecified atom stereocenters. The van der Waals surface area contributed by atoms with Gasteiger partial charge in [0.2, 0.25) is 17.6 Å². The number of rotatable bonds is 8. The number of likely N-dealkylation sites (tertiary alicyclic amines) is 2. The van der Waals surface area contributed by atoms with Crippen LogP contribution in [0.4, 0.5) is 0 Å². The van der Waals surface area contributed by atoms with Crippen LogP contribution in [0.3, 0.4) is 0 Å². The van der Waals surface area contributed by atoms with Crippen molar-refractivity contribution in [3.63, 3.8) is 0 Å². The molecule has 7 nitrogen and oxygen atoms in total. The zero-order valence-corrected chi connectivity index (χ0v) is 19.5. The third kappa shape index (κ3) is 6.09. The normalized spacial score (nSPS) is 20.4. The van der Waals surface area contributed by atoms with E-state index in [2.05, 4.69) is 22.0 Å². The maximum absolute atomic E-state index is 12.8. The van der Waals surface area contributed by atoms with E-state index in [9.17, 15) is 4.79 Å². The molecule has 0 spiro atoms. The maximum atomic E-state index is 12.8. The van der Waals surface area contributed by atoms with Gasteiger partial charge in [-0.3, -0.25) is 4.79 Å². The molecule has 2 aromatic rings. The van der Waals surface area contributed by atoms with E-state index in [4.69, 9.17) is 9.26 Å². The van der Waals surface area contributed by atoms with Crippen LogP contribution in [0, 0.1) is 11.8 Å². The summed E-state index contributed by atoms with van der Waals surface area (Å²) in [7, 11) is 0. The number of aryl methyl sites for hydroxylation is 1. The van der Waals surface area contributed by atoms with Crippen molar-refractivity contribution in [1.29, 1.82) is 0 Å². The second-order valence-corrected chi connectivity index (χ2v) is 9.30. The summed E-state index contributed by atoms with van der Waals surface area (Å²) in [5.41, 5.74) is 0.876. The molecule has 0 N–H and O–H groups in total. The van der Waals surface area contributed by atoms with Gasteiger partial charge in [-0.1, -0.05) is 12.1 Å². The Bertz CT molecular complexity index is 858. The quantitative estimate of drug-likeness (QED) is 0.617. The molecule has 0 bridgehead atoms. The molecule has 2 aliphatic rings. The lowest BCUT2D eigenvalue weighted by Gasteiger charge is -2.37. The van der Waals surface area contributed by atoms with Gasteiger partial charge in [0, 0.05) is 38.0 Å². The van der Waals surface area contributed by atoms with Crippen LogP contribution >= 0.6 is 0 Å². The highest BCUT2D eigenvalue weighted by Crippen LogP contribution is 2.23. The molecule has 0 saturated carbocycles. The van der Waals surface area contributed by atoms with Crippen LogP contribution in [-0.2, 0) is 11.2 Å². The lowest BCUT2D eigenvalue weighted by atomic mass is 9.94. The van der Waals surface area contributed by atoms with Crippen LogP contribution in [0.2, 0.25) is 0 Å². The third-order valence-electron chi connectivity index (χ3n) is 6.71. The van der Waals surface area contributed by atoms with Gasteiger partial charge in [-0.05, 0) is 81.8 Å². The van der Waals surface area contributed by atoms with Gasteiger partial charge in [-0.2, -0.15) is 4.98 Å².